The fraction of sp³-hybridized carbons (Fsp3) is 0.889. The normalized spacial score (nSPS) is 27.9. The summed E-state index contributed by atoms with van der Waals surface area (Å²) in [5.74, 6) is 0. The number of ether oxygens (including phenoxy) is 2. The molecule has 1 aliphatic rings. The van der Waals surface area contributed by atoms with Crippen LogP contribution in [0, 0.1) is 0 Å². The summed E-state index contributed by atoms with van der Waals surface area (Å²) < 4.78 is 10.1. The van der Waals surface area contributed by atoms with Crippen LogP contribution in [0.5, 0.6) is 0 Å². The largest absolute Gasteiger partial charge is 0.447 e. The summed E-state index contributed by atoms with van der Waals surface area (Å²) in [6, 6.07) is 0. The van der Waals surface area contributed by atoms with E-state index in [9.17, 15) is 4.79 Å². The summed E-state index contributed by atoms with van der Waals surface area (Å²) in [5.41, 5.74) is -0.276. The van der Waals surface area contributed by atoms with Gasteiger partial charge in [0.2, 0.25) is 0 Å². The first-order valence-corrected chi connectivity index (χ1v) is 4.57. The van der Waals surface area contributed by atoms with Gasteiger partial charge < -0.3 is 9.47 Å². The van der Waals surface area contributed by atoms with Crippen LogP contribution >= 0.6 is 0 Å². The number of nitrogens with zero attached hydrogens (tertiary/aromatic N) is 1. The number of hydrogen-bond acceptors (Lipinski definition) is 3. The number of amides is 1. The lowest BCUT2D eigenvalue weighted by Gasteiger charge is -2.30. The van der Waals surface area contributed by atoms with Crippen molar-refractivity contribution in [3.05, 3.63) is 0 Å². The van der Waals surface area contributed by atoms with Gasteiger partial charge in [-0.25, -0.2) is 4.79 Å². The van der Waals surface area contributed by atoms with E-state index < -0.39 is 0 Å². The molecule has 4 nitrogen and oxygen atoms in total. The highest BCUT2D eigenvalue weighted by molar-refractivity contribution is 5.71. The molecule has 13 heavy (non-hydrogen) atoms. The van der Waals surface area contributed by atoms with E-state index in [4.69, 9.17) is 9.47 Å². The highest BCUT2D eigenvalue weighted by Gasteiger charge is 2.43. The molecule has 1 amide bonds. The van der Waals surface area contributed by atoms with Crippen LogP contribution in [0.4, 0.5) is 4.79 Å². The molecule has 1 aliphatic heterocycles. The van der Waals surface area contributed by atoms with Crippen molar-refractivity contribution in [2.75, 3.05) is 26.9 Å². The molecule has 0 spiro atoms. The Bertz CT molecular complexity index is 195. The van der Waals surface area contributed by atoms with E-state index in [1.807, 2.05) is 13.8 Å². The van der Waals surface area contributed by atoms with E-state index in [0.29, 0.717) is 13.2 Å². The molecule has 0 aromatic rings. The third kappa shape index (κ3) is 1.94. The predicted molar refractivity (Wildman–Crippen MR) is 48.6 cm³/mol. The molecule has 1 heterocycles. The summed E-state index contributed by atoms with van der Waals surface area (Å²) in [6.07, 6.45) is 0.718. The molecule has 1 atom stereocenters. The van der Waals surface area contributed by atoms with Gasteiger partial charge in [0.25, 0.3) is 0 Å². The third-order valence-corrected chi connectivity index (χ3v) is 2.28. The van der Waals surface area contributed by atoms with Crippen LogP contribution in [-0.4, -0.2) is 43.4 Å². The zero-order valence-corrected chi connectivity index (χ0v) is 8.50. The van der Waals surface area contributed by atoms with Crippen molar-refractivity contribution in [3.8, 4) is 0 Å². The monoisotopic (exact) mass is 187 g/mol. The van der Waals surface area contributed by atoms with Crippen molar-refractivity contribution in [2.45, 2.75) is 25.8 Å². The summed E-state index contributed by atoms with van der Waals surface area (Å²) >= 11 is 0. The highest BCUT2D eigenvalue weighted by Crippen LogP contribution is 2.24. The Morgan fingerprint density at radius 2 is 2.38 bits per heavy atom. The molecule has 1 saturated heterocycles. The molecule has 4 heteroatoms. The second-order valence-electron chi connectivity index (χ2n) is 3.64. The fourth-order valence-corrected chi connectivity index (χ4v) is 1.61. The molecule has 0 aromatic carbocycles. The lowest BCUT2D eigenvalue weighted by molar-refractivity contribution is 0.0672. The van der Waals surface area contributed by atoms with Crippen molar-refractivity contribution in [3.63, 3.8) is 0 Å². The van der Waals surface area contributed by atoms with E-state index >= 15 is 0 Å². The Balaban J connectivity index is 2.67. The molecule has 76 valence electrons. The van der Waals surface area contributed by atoms with Gasteiger partial charge in [-0.3, -0.25) is 4.90 Å². The average Bonchev–Trinajstić information content (AvgIpc) is 2.34. The van der Waals surface area contributed by atoms with E-state index in [1.54, 1.807) is 12.0 Å². The number of carbonyl (C=O) groups excluding carboxylic acids is 1. The van der Waals surface area contributed by atoms with E-state index in [2.05, 4.69) is 0 Å². The maximum atomic E-state index is 11.3. The maximum Gasteiger partial charge on any atom is 0.410 e. The molecular formula is C9H17NO3. The minimum atomic E-state index is -0.276. The summed E-state index contributed by atoms with van der Waals surface area (Å²) in [6.45, 7) is 5.72. The van der Waals surface area contributed by atoms with Gasteiger partial charge in [-0.15, -0.1) is 0 Å². The van der Waals surface area contributed by atoms with Crippen LogP contribution in [0.2, 0.25) is 0 Å². The van der Waals surface area contributed by atoms with Gasteiger partial charge in [-0.05, 0) is 13.3 Å². The average molecular weight is 187 g/mol. The summed E-state index contributed by atoms with van der Waals surface area (Å²) in [5, 5.41) is 0. The second kappa shape index (κ2) is 3.96. The predicted octanol–water partition coefficient (Wildman–Crippen LogP) is 1.25. The van der Waals surface area contributed by atoms with Crippen molar-refractivity contribution in [1.29, 1.82) is 0 Å². The molecule has 0 aliphatic carbocycles. The van der Waals surface area contributed by atoms with E-state index in [1.165, 1.54) is 0 Å². The van der Waals surface area contributed by atoms with Crippen molar-refractivity contribution >= 4 is 6.09 Å². The van der Waals surface area contributed by atoms with Crippen LogP contribution in [0.3, 0.4) is 0 Å². The van der Waals surface area contributed by atoms with Crippen LogP contribution < -0.4 is 0 Å². The Morgan fingerprint density at radius 3 is 2.92 bits per heavy atom. The van der Waals surface area contributed by atoms with Gasteiger partial charge in [0.1, 0.15) is 12.1 Å². The van der Waals surface area contributed by atoms with Crippen LogP contribution in [0.25, 0.3) is 0 Å². The lowest BCUT2D eigenvalue weighted by Crippen LogP contribution is -2.48. The Hall–Kier alpha value is -0.770. The SMILES string of the molecule is CCCN1C(=O)OCC1(C)COC. The smallest absolute Gasteiger partial charge is 0.410 e. The highest BCUT2D eigenvalue weighted by atomic mass is 16.6. The molecule has 1 unspecified atom stereocenters. The minimum Gasteiger partial charge on any atom is -0.447 e. The van der Waals surface area contributed by atoms with Crippen LogP contribution in [0.1, 0.15) is 20.3 Å². The zero-order chi connectivity index (χ0) is 9.90. The van der Waals surface area contributed by atoms with E-state index in [-0.39, 0.29) is 11.6 Å². The minimum absolute atomic E-state index is 0.221. The molecule has 0 radical (unpaired) electrons. The summed E-state index contributed by atoms with van der Waals surface area (Å²) in [4.78, 5) is 13.0. The van der Waals surface area contributed by atoms with Crippen LogP contribution in [-0.2, 0) is 9.47 Å². The van der Waals surface area contributed by atoms with Crippen molar-refractivity contribution in [2.24, 2.45) is 0 Å². The Morgan fingerprint density at radius 1 is 1.69 bits per heavy atom. The van der Waals surface area contributed by atoms with Crippen molar-refractivity contribution < 1.29 is 14.3 Å². The standard InChI is InChI=1S/C9H17NO3/c1-4-5-10-8(11)13-7-9(10,2)6-12-3/h4-7H2,1-3H3. The first-order valence-electron chi connectivity index (χ1n) is 4.57. The van der Waals surface area contributed by atoms with Gasteiger partial charge in [0, 0.05) is 13.7 Å². The molecule has 0 saturated carbocycles. The number of carbonyl (C=O) groups is 1. The molecular weight excluding hydrogens is 170 g/mol. The first kappa shape index (κ1) is 10.3. The maximum absolute atomic E-state index is 11.3. The number of cyclic esters (lactones) is 1. The molecule has 0 bridgehead atoms. The third-order valence-electron chi connectivity index (χ3n) is 2.28. The number of rotatable bonds is 4. The van der Waals surface area contributed by atoms with Crippen LogP contribution in [0.15, 0.2) is 0 Å². The number of methoxy groups -OCH3 is 1. The molecule has 0 N–H and O–H groups in total. The second-order valence-corrected chi connectivity index (χ2v) is 3.64. The van der Waals surface area contributed by atoms with Gasteiger partial charge in [-0.1, -0.05) is 6.92 Å². The molecule has 1 rings (SSSR count). The van der Waals surface area contributed by atoms with Gasteiger partial charge >= 0.3 is 6.09 Å². The summed E-state index contributed by atoms with van der Waals surface area (Å²) in [7, 11) is 1.64. The van der Waals surface area contributed by atoms with Crippen molar-refractivity contribution in [1.82, 2.24) is 4.90 Å². The Kier molecular flexibility index (Phi) is 3.14. The van der Waals surface area contributed by atoms with E-state index in [0.717, 1.165) is 13.0 Å². The van der Waals surface area contributed by atoms with Gasteiger partial charge in [-0.2, -0.15) is 0 Å². The molecule has 1 fully saturated rings. The Labute approximate surface area is 78.8 Å². The zero-order valence-electron chi connectivity index (χ0n) is 8.50. The first-order chi connectivity index (χ1) is 6.14. The lowest BCUT2D eigenvalue weighted by atomic mass is 10.0. The van der Waals surface area contributed by atoms with Gasteiger partial charge in [0.15, 0.2) is 0 Å². The van der Waals surface area contributed by atoms with Gasteiger partial charge in [0.05, 0.1) is 6.61 Å². The topological polar surface area (TPSA) is 38.8 Å². The molecule has 0 aromatic heterocycles. The number of hydrogen-bond donors (Lipinski definition) is 0. The fourth-order valence-electron chi connectivity index (χ4n) is 1.61. The quantitative estimate of drug-likeness (QED) is 0.665.